The third kappa shape index (κ3) is 2.17. The number of hydrogen-bond acceptors (Lipinski definition) is 2. The van der Waals surface area contributed by atoms with Crippen molar-refractivity contribution >= 4 is 5.97 Å². The number of aromatic carboxylic acids is 1. The number of rotatable bonds is 3. The molecular formula is C9H9F3N2O2. The van der Waals surface area contributed by atoms with Crippen LogP contribution in [0.2, 0.25) is 0 Å². The van der Waals surface area contributed by atoms with Crippen molar-refractivity contribution in [3.63, 3.8) is 0 Å². The first kappa shape index (κ1) is 11.0. The van der Waals surface area contributed by atoms with E-state index in [0.717, 1.165) is 23.7 Å². The molecule has 88 valence electrons. The Morgan fingerprint density at radius 2 is 2.19 bits per heavy atom. The van der Waals surface area contributed by atoms with Gasteiger partial charge < -0.3 is 5.11 Å². The van der Waals surface area contributed by atoms with Crippen LogP contribution in [0.15, 0.2) is 6.20 Å². The maximum absolute atomic E-state index is 12.2. The van der Waals surface area contributed by atoms with Gasteiger partial charge in [-0.2, -0.15) is 18.3 Å². The van der Waals surface area contributed by atoms with Crippen molar-refractivity contribution in [2.45, 2.75) is 31.5 Å². The van der Waals surface area contributed by atoms with Gasteiger partial charge in [-0.05, 0) is 12.8 Å². The average molecular weight is 234 g/mol. The minimum atomic E-state index is -4.38. The molecule has 1 aromatic heterocycles. The number of hydrogen-bond donors (Lipinski definition) is 1. The summed E-state index contributed by atoms with van der Waals surface area (Å²) in [6.45, 7) is -1.23. The third-order valence-corrected chi connectivity index (χ3v) is 2.40. The van der Waals surface area contributed by atoms with Gasteiger partial charge in [0.15, 0.2) is 0 Å². The predicted molar refractivity (Wildman–Crippen MR) is 47.2 cm³/mol. The van der Waals surface area contributed by atoms with Crippen LogP contribution in [-0.2, 0) is 6.54 Å². The molecule has 0 unspecified atom stereocenters. The molecule has 0 bridgehead atoms. The molecule has 7 heteroatoms. The molecule has 0 radical (unpaired) electrons. The Labute approximate surface area is 88.7 Å². The molecule has 1 aliphatic rings. The monoisotopic (exact) mass is 234 g/mol. The van der Waals surface area contributed by atoms with E-state index < -0.39 is 18.7 Å². The second-order valence-electron chi connectivity index (χ2n) is 3.80. The minimum Gasteiger partial charge on any atom is -0.478 e. The quantitative estimate of drug-likeness (QED) is 0.870. The first-order chi connectivity index (χ1) is 7.38. The highest BCUT2D eigenvalue weighted by Gasteiger charge is 2.36. The van der Waals surface area contributed by atoms with E-state index in [4.69, 9.17) is 5.11 Å². The molecule has 0 spiro atoms. The zero-order valence-corrected chi connectivity index (χ0v) is 8.16. The van der Waals surface area contributed by atoms with Crippen LogP contribution >= 0.6 is 0 Å². The standard InChI is InChI=1S/C9H9F3N2O2/c10-9(11,12)4-14-7(5-1-2-5)6(3-13-14)8(15)16/h3,5H,1-2,4H2,(H,15,16). The van der Waals surface area contributed by atoms with Crippen LogP contribution in [0, 0.1) is 0 Å². The van der Waals surface area contributed by atoms with Gasteiger partial charge in [-0.1, -0.05) is 0 Å². The molecule has 1 aromatic rings. The molecule has 2 rings (SSSR count). The Balaban J connectivity index is 2.34. The third-order valence-electron chi connectivity index (χ3n) is 2.40. The van der Waals surface area contributed by atoms with Crippen LogP contribution in [-0.4, -0.2) is 27.0 Å². The molecule has 0 saturated heterocycles. The van der Waals surface area contributed by atoms with Gasteiger partial charge in [-0.3, -0.25) is 4.68 Å². The number of alkyl halides is 3. The molecule has 0 amide bonds. The van der Waals surface area contributed by atoms with E-state index in [1.54, 1.807) is 0 Å². The molecule has 0 aromatic carbocycles. The normalized spacial score (nSPS) is 16.4. The van der Waals surface area contributed by atoms with Crippen molar-refractivity contribution in [1.29, 1.82) is 0 Å². The van der Waals surface area contributed by atoms with Gasteiger partial charge in [-0.25, -0.2) is 4.79 Å². The lowest BCUT2D eigenvalue weighted by Gasteiger charge is -2.10. The molecule has 16 heavy (non-hydrogen) atoms. The van der Waals surface area contributed by atoms with E-state index in [1.165, 1.54) is 0 Å². The number of aromatic nitrogens is 2. The second-order valence-corrected chi connectivity index (χ2v) is 3.80. The molecule has 1 heterocycles. The molecule has 0 atom stereocenters. The first-order valence-electron chi connectivity index (χ1n) is 4.74. The molecule has 0 aliphatic heterocycles. The van der Waals surface area contributed by atoms with Gasteiger partial charge in [-0.15, -0.1) is 0 Å². The number of carbonyl (C=O) groups is 1. The average Bonchev–Trinajstić information content (AvgIpc) is 2.86. The number of carboxylic acids is 1. The highest BCUT2D eigenvalue weighted by molar-refractivity contribution is 5.89. The SMILES string of the molecule is O=C(O)c1cnn(CC(F)(F)F)c1C1CC1. The fourth-order valence-corrected chi connectivity index (χ4v) is 1.64. The lowest BCUT2D eigenvalue weighted by molar-refractivity contribution is -0.143. The number of carboxylic acid groups (broad SMARTS) is 1. The fourth-order valence-electron chi connectivity index (χ4n) is 1.64. The zero-order chi connectivity index (χ0) is 11.9. The summed E-state index contributed by atoms with van der Waals surface area (Å²) in [6, 6.07) is 0. The highest BCUT2D eigenvalue weighted by atomic mass is 19.4. The van der Waals surface area contributed by atoms with Crippen LogP contribution < -0.4 is 0 Å². The first-order valence-corrected chi connectivity index (χ1v) is 4.74. The Morgan fingerprint density at radius 1 is 1.56 bits per heavy atom. The summed E-state index contributed by atoms with van der Waals surface area (Å²) < 4.78 is 37.4. The molecule has 1 aliphatic carbocycles. The van der Waals surface area contributed by atoms with E-state index >= 15 is 0 Å². The van der Waals surface area contributed by atoms with Crippen molar-refractivity contribution in [2.24, 2.45) is 0 Å². The van der Waals surface area contributed by atoms with Crippen LogP contribution in [0.25, 0.3) is 0 Å². The van der Waals surface area contributed by atoms with E-state index in [2.05, 4.69) is 5.10 Å². The Bertz CT molecular complexity index is 421. The van der Waals surface area contributed by atoms with Gasteiger partial charge in [0.25, 0.3) is 0 Å². The topological polar surface area (TPSA) is 55.1 Å². The Morgan fingerprint density at radius 3 is 2.62 bits per heavy atom. The largest absolute Gasteiger partial charge is 0.478 e. The summed E-state index contributed by atoms with van der Waals surface area (Å²) in [5.41, 5.74) is 0.0802. The van der Waals surface area contributed by atoms with Crippen LogP contribution in [0.5, 0.6) is 0 Å². The van der Waals surface area contributed by atoms with Gasteiger partial charge in [0, 0.05) is 5.92 Å². The highest BCUT2D eigenvalue weighted by Crippen LogP contribution is 2.42. The van der Waals surface area contributed by atoms with Crippen LogP contribution in [0.3, 0.4) is 0 Å². The van der Waals surface area contributed by atoms with Crippen molar-refractivity contribution in [2.75, 3.05) is 0 Å². The maximum Gasteiger partial charge on any atom is 0.408 e. The van der Waals surface area contributed by atoms with Gasteiger partial charge in [0.05, 0.1) is 11.9 Å². The molecular weight excluding hydrogens is 225 g/mol. The zero-order valence-electron chi connectivity index (χ0n) is 8.16. The van der Waals surface area contributed by atoms with E-state index in [1.807, 2.05) is 0 Å². The van der Waals surface area contributed by atoms with Crippen molar-refractivity contribution < 1.29 is 23.1 Å². The van der Waals surface area contributed by atoms with Crippen molar-refractivity contribution in [1.82, 2.24) is 9.78 Å². The lowest BCUT2D eigenvalue weighted by atomic mass is 10.2. The minimum absolute atomic E-state index is 0.0871. The van der Waals surface area contributed by atoms with E-state index in [9.17, 15) is 18.0 Å². The van der Waals surface area contributed by atoms with E-state index in [0.29, 0.717) is 0 Å². The second kappa shape index (κ2) is 3.50. The summed E-state index contributed by atoms with van der Waals surface area (Å²) in [5.74, 6) is -1.31. The Hall–Kier alpha value is -1.53. The van der Waals surface area contributed by atoms with Gasteiger partial charge in [0.2, 0.25) is 0 Å². The van der Waals surface area contributed by atoms with Crippen molar-refractivity contribution in [3.8, 4) is 0 Å². The molecule has 1 fully saturated rings. The van der Waals surface area contributed by atoms with Crippen molar-refractivity contribution in [3.05, 3.63) is 17.5 Å². The fraction of sp³-hybridized carbons (Fsp3) is 0.556. The van der Waals surface area contributed by atoms with Gasteiger partial charge >= 0.3 is 12.1 Å². The molecule has 1 saturated carbocycles. The predicted octanol–water partition coefficient (Wildman–Crippen LogP) is 2.02. The summed E-state index contributed by atoms with van der Waals surface area (Å²) in [5, 5.41) is 12.3. The summed E-state index contributed by atoms with van der Waals surface area (Å²) in [4.78, 5) is 10.8. The van der Waals surface area contributed by atoms with Crippen LogP contribution in [0.4, 0.5) is 13.2 Å². The molecule has 1 N–H and O–H groups in total. The molecule has 4 nitrogen and oxygen atoms in total. The summed E-state index contributed by atoms with van der Waals surface area (Å²) in [6.07, 6.45) is -1.94. The van der Waals surface area contributed by atoms with E-state index in [-0.39, 0.29) is 17.2 Å². The maximum atomic E-state index is 12.2. The number of nitrogens with zero attached hydrogens (tertiary/aromatic N) is 2. The summed E-state index contributed by atoms with van der Waals surface area (Å²) in [7, 11) is 0. The lowest BCUT2D eigenvalue weighted by Crippen LogP contribution is -2.20. The smallest absolute Gasteiger partial charge is 0.408 e. The summed E-state index contributed by atoms with van der Waals surface area (Å²) >= 11 is 0. The van der Waals surface area contributed by atoms with Gasteiger partial charge in [0.1, 0.15) is 12.1 Å². The Kier molecular flexibility index (Phi) is 2.40. The number of halogens is 3. The van der Waals surface area contributed by atoms with Crippen LogP contribution in [0.1, 0.15) is 34.8 Å².